The molecule has 17 heavy (non-hydrogen) atoms. The fourth-order valence-corrected chi connectivity index (χ4v) is 2.66. The molecule has 92 valence electrons. The van der Waals surface area contributed by atoms with E-state index in [4.69, 9.17) is 0 Å². The third kappa shape index (κ3) is 2.84. The smallest absolute Gasteiger partial charge is 0.159 e. The number of Topliss-reactive ketones (excluding diaryl/α,β-unsaturated/α-hetero) is 1. The number of rotatable bonds is 2. The first-order valence-electron chi connectivity index (χ1n) is 6.28. The number of carbonyl (C=O) groups excluding carboxylic acids is 1. The molecule has 0 N–H and O–H groups in total. The van der Waals surface area contributed by atoms with Crippen molar-refractivity contribution in [2.24, 2.45) is 11.8 Å². The van der Waals surface area contributed by atoms with Crippen molar-refractivity contribution in [1.29, 1.82) is 0 Å². The third-order valence-electron chi connectivity index (χ3n) is 3.34. The van der Waals surface area contributed by atoms with Gasteiger partial charge in [-0.2, -0.15) is 0 Å². The molecule has 1 fully saturated rings. The molecule has 0 saturated carbocycles. The molecule has 0 radical (unpaired) electrons. The molecule has 2 unspecified atom stereocenters. The second-order valence-corrected chi connectivity index (χ2v) is 5.31. The Morgan fingerprint density at radius 1 is 1.35 bits per heavy atom. The van der Waals surface area contributed by atoms with E-state index in [0.717, 1.165) is 24.5 Å². The summed E-state index contributed by atoms with van der Waals surface area (Å²) in [5.74, 6) is 2.44. The third-order valence-corrected chi connectivity index (χ3v) is 3.34. The molecular formula is C14H20N2O. The number of nitrogens with zero attached hydrogens (tertiary/aromatic N) is 2. The summed E-state index contributed by atoms with van der Waals surface area (Å²) in [5, 5.41) is 0. The second-order valence-electron chi connectivity index (χ2n) is 5.31. The molecule has 1 aromatic rings. The highest BCUT2D eigenvalue weighted by atomic mass is 16.1. The van der Waals surface area contributed by atoms with Crippen LogP contribution in [0.1, 0.15) is 37.6 Å². The van der Waals surface area contributed by atoms with Crippen LogP contribution in [0, 0.1) is 11.8 Å². The molecule has 1 aliphatic rings. The molecule has 1 aliphatic heterocycles. The lowest BCUT2D eigenvalue weighted by Crippen LogP contribution is -2.39. The maximum absolute atomic E-state index is 11.4. The van der Waals surface area contributed by atoms with Gasteiger partial charge in [-0.25, -0.2) is 4.98 Å². The Bertz CT molecular complexity index is 406. The van der Waals surface area contributed by atoms with Crippen LogP contribution in [0.15, 0.2) is 18.3 Å². The summed E-state index contributed by atoms with van der Waals surface area (Å²) in [7, 11) is 0. The van der Waals surface area contributed by atoms with Gasteiger partial charge in [0.05, 0.1) is 0 Å². The van der Waals surface area contributed by atoms with Crippen LogP contribution in [-0.2, 0) is 0 Å². The Hall–Kier alpha value is -1.38. The largest absolute Gasteiger partial charge is 0.356 e. The number of piperidine rings is 1. The van der Waals surface area contributed by atoms with Gasteiger partial charge >= 0.3 is 0 Å². The van der Waals surface area contributed by atoms with E-state index in [9.17, 15) is 4.79 Å². The van der Waals surface area contributed by atoms with E-state index < -0.39 is 0 Å². The van der Waals surface area contributed by atoms with E-state index in [1.807, 2.05) is 6.07 Å². The average molecular weight is 232 g/mol. The van der Waals surface area contributed by atoms with Gasteiger partial charge in [0.1, 0.15) is 5.82 Å². The fourth-order valence-electron chi connectivity index (χ4n) is 2.66. The minimum absolute atomic E-state index is 0.103. The number of pyridine rings is 1. The maximum Gasteiger partial charge on any atom is 0.159 e. The lowest BCUT2D eigenvalue weighted by Gasteiger charge is -2.35. The highest BCUT2D eigenvalue weighted by Gasteiger charge is 2.22. The quantitative estimate of drug-likeness (QED) is 0.735. The van der Waals surface area contributed by atoms with Crippen molar-refractivity contribution >= 4 is 11.6 Å². The number of hydrogen-bond acceptors (Lipinski definition) is 3. The monoisotopic (exact) mass is 232 g/mol. The molecule has 3 nitrogen and oxygen atoms in total. The first-order valence-corrected chi connectivity index (χ1v) is 6.28. The van der Waals surface area contributed by atoms with Gasteiger partial charge in [-0.05, 0) is 37.3 Å². The van der Waals surface area contributed by atoms with Crippen molar-refractivity contribution in [2.45, 2.75) is 27.2 Å². The normalized spacial score (nSPS) is 24.8. The predicted octanol–water partition coefficient (Wildman–Crippen LogP) is 2.77. The molecule has 0 bridgehead atoms. The summed E-state index contributed by atoms with van der Waals surface area (Å²) >= 11 is 0. The van der Waals surface area contributed by atoms with Gasteiger partial charge in [-0.3, -0.25) is 4.79 Å². The Morgan fingerprint density at radius 3 is 2.59 bits per heavy atom. The van der Waals surface area contributed by atoms with E-state index in [1.165, 1.54) is 6.42 Å². The summed E-state index contributed by atoms with van der Waals surface area (Å²) in [5.41, 5.74) is 0.751. The van der Waals surface area contributed by atoms with E-state index >= 15 is 0 Å². The number of hydrogen-bond donors (Lipinski definition) is 0. The van der Waals surface area contributed by atoms with Gasteiger partial charge in [0, 0.05) is 24.8 Å². The van der Waals surface area contributed by atoms with Crippen LogP contribution in [0.2, 0.25) is 0 Å². The molecule has 2 atom stereocenters. The topological polar surface area (TPSA) is 33.2 Å². The molecular weight excluding hydrogens is 212 g/mol. The average Bonchev–Trinajstić information content (AvgIpc) is 2.28. The zero-order valence-electron chi connectivity index (χ0n) is 10.8. The van der Waals surface area contributed by atoms with Crippen molar-refractivity contribution in [1.82, 2.24) is 4.98 Å². The lowest BCUT2D eigenvalue weighted by molar-refractivity contribution is 0.101. The van der Waals surface area contributed by atoms with Crippen molar-refractivity contribution in [3.63, 3.8) is 0 Å². The number of anilines is 1. The molecule has 1 saturated heterocycles. The van der Waals surface area contributed by atoms with E-state index in [2.05, 4.69) is 23.7 Å². The van der Waals surface area contributed by atoms with Crippen LogP contribution in [0.4, 0.5) is 5.82 Å². The van der Waals surface area contributed by atoms with E-state index in [-0.39, 0.29) is 5.78 Å². The van der Waals surface area contributed by atoms with Crippen molar-refractivity contribution in [3.05, 3.63) is 23.9 Å². The Balaban J connectivity index is 2.21. The van der Waals surface area contributed by atoms with Crippen LogP contribution in [0.3, 0.4) is 0 Å². The highest BCUT2D eigenvalue weighted by Crippen LogP contribution is 2.25. The van der Waals surface area contributed by atoms with Crippen LogP contribution in [0.5, 0.6) is 0 Å². The first-order chi connectivity index (χ1) is 8.06. The molecule has 0 aliphatic carbocycles. The van der Waals surface area contributed by atoms with Gasteiger partial charge in [0.15, 0.2) is 5.78 Å². The number of ketones is 1. The lowest BCUT2D eigenvalue weighted by atomic mass is 9.92. The number of carbonyl (C=O) groups is 1. The standard InChI is InChI=1S/C14H20N2O/c1-10-6-11(2)9-16(8-10)14-7-13(12(3)17)4-5-15-14/h4-5,7,10-11H,6,8-9H2,1-3H3. The predicted molar refractivity (Wildman–Crippen MR) is 69.4 cm³/mol. The molecule has 0 spiro atoms. The van der Waals surface area contributed by atoms with Gasteiger partial charge in [0.2, 0.25) is 0 Å². The van der Waals surface area contributed by atoms with Crippen molar-refractivity contribution in [2.75, 3.05) is 18.0 Å². The van der Waals surface area contributed by atoms with Crippen LogP contribution < -0.4 is 4.90 Å². The van der Waals surface area contributed by atoms with Crippen molar-refractivity contribution < 1.29 is 4.79 Å². The van der Waals surface area contributed by atoms with Crippen molar-refractivity contribution in [3.8, 4) is 0 Å². The zero-order chi connectivity index (χ0) is 12.4. The fraction of sp³-hybridized carbons (Fsp3) is 0.571. The minimum atomic E-state index is 0.103. The second kappa shape index (κ2) is 4.86. The molecule has 2 rings (SSSR count). The Morgan fingerprint density at radius 2 is 2.00 bits per heavy atom. The van der Waals surface area contributed by atoms with Crippen LogP contribution in [-0.4, -0.2) is 23.9 Å². The Labute approximate surface area is 103 Å². The van der Waals surface area contributed by atoms with Gasteiger partial charge in [-0.1, -0.05) is 13.8 Å². The number of aromatic nitrogens is 1. The van der Waals surface area contributed by atoms with Gasteiger partial charge in [-0.15, -0.1) is 0 Å². The molecule has 0 aromatic carbocycles. The zero-order valence-corrected chi connectivity index (χ0v) is 10.8. The summed E-state index contributed by atoms with van der Waals surface area (Å²) < 4.78 is 0. The van der Waals surface area contributed by atoms with Gasteiger partial charge in [0.25, 0.3) is 0 Å². The summed E-state index contributed by atoms with van der Waals surface area (Å²) in [6.07, 6.45) is 3.01. The maximum atomic E-state index is 11.4. The summed E-state index contributed by atoms with van der Waals surface area (Å²) in [4.78, 5) is 18.0. The SMILES string of the molecule is CC(=O)c1ccnc(N2CC(C)CC(C)C2)c1. The minimum Gasteiger partial charge on any atom is -0.356 e. The first kappa shape index (κ1) is 12.1. The molecule has 2 heterocycles. The van der Waals surface area contributed by atoms with Crippen LogP contribution >= 0.6 is 0 Å². The molecule has 0 amide bonds. The summed E-state index contributed by atoms with van der Waals surface area (Å²) in [6, 6.07) is 3.69. The molecule has 3 heteroatoms. The van der Waals surface area contributed by atoms with E-state index in [0.29, 0.717) is 11.8 Å². The van der Waals surface area contributed by atoms with Crippen LogP contribution in [0.25, 0.3) is 0 Å². The summed E-state index contributed by atoms with van der Waals surface area (Å²) in [6.45, 7) is 8.23. The van der Waals surface area contributed by atoms with Gasteiger partial charge < -0.3 is 4.90 Å². The highest BCUT2D eigenvalue weighted by molar-refractivity contribution is 5.94. The van der Waals surface area contributed by atoms with E-state index in [1.54, 1.807) is 19.2 Å². The molecule has 1 aromatic heterocycles. The Kier molecular flexibility index (Phi) is 3.46.